The minimum absolute atomic E-state index is 0.215. The number of nitrogens with one attached hydrogen (secondary N) is 1. The van der Waals surface area contributed by atoms with Crippen molar-refractivity contribution in [1.82, 2.24) is 29.8 Å². The van der Waals surface area contributed by atoms with E-state index < -0.39 is 5.97 Å². The third kappa shape index (κ3) is 1.98. The number of carbonyl (C=O) groups is 1. The molecule has 4 rings (SSSR count). The van der Waals surface area contributed by atoms with Crippen LogP contribution in [0, 0.1) is 6.92 Å². The molecule has 0 saturated heterocycles. The summed E-state index contributed by atoms with van der Waals surface area (Å²) in [6, 6.07) is 6.00. The molecular formula is C13H9N6O2S-. The Balaban J connectivity index is 1.95. The van der Waals surface area contributed by atoms with Crippen LogP contribution in [0.1, 0.15) is 5.56 Å². The molecule has 1 aromatic carbocycles. The van der Waals surface area contributed by atoms with E-state index >= 15 is 0 Å². The van der Waals surface area contributed by atoms with Crippen molar-refractivity contribution in [2.75, 3.05) is 5.75 Å². The number of aromatic amines is 1. The number of benzene rings is 1. The molecule has 110 valence electrons. The Bertz CT molecular complexity index is 1040. The van der Waals surface area contributed by atoms with E-state index in [1.54, 1.807) is 0 Å². The molecule has 8 nitrogen and oxygen atoms in total. The van der Waals surface area contributed by atoms with Gasteiger partial charge in [0.05, 0.1) is 5.97 Å². The molecule has 3 aromatic heterocycles. The SMILES string of the molecule is Cc1ccc2[nH]c3nc4nnc(SCC(=O)[O-])n4nc3c2c1. The van der Waals surface area contributed by atoms with Crippen molar-refractivity contribution in [2.45, 2.75) is 12.1 Å². The lowest BCUT2D eigenvalue weighted by Gasteiger charge is -2.00. The van der Waals surface area contributed by atoms with Gasteiger partial charge in [-0.2, -0.15) is 14.6 Å². The summed E-state index contributed by atoms with van der Waals surface area (Å²) in [7, 11) is 0. The summed E-state index contributed by atoms with van der Waals surface area (Å²) < 4.78 is 1.45. The lowest BCUT2D eigenvalue weighted by Crippen LogP contribution is -2.24. The van der Waals surface area contributed by atoms with E-state index in [9.17, 15) is 9.90 Å². The van der Waals surface area contributed by atoms with Crippen LogP contribution < -0.4 is 5.11 Å². The molecule has 22 heavy (non-hydrogen) atoms. The molecule has 0 saturated carbocycles. The highest BCUT2D eigenvalue weighted by molar-refractivity contribution is 7.99. The first-order valence-corrected chi connectivity index (χ1v) is 7.44. The Morgan fingerprint density at radius 2 is 2.27 bits per heavy atom. The molecule has 0 bridgehead atoms. The molecule has 0 atom stereocenters. The largest absolute Gasteiger partial charge is 0.549 e. The van der Waals surface area contributed by atoms with Gasteiger partial charge in [0.1, 0.15) is 5.52 Å². The summed E-state index contributed by atoms with van der Waals surface area (Å²) >= 11 is 0.999. The third-order valence-corrected chi connectivity index (χ3v) is 4.13. The molecule has 0 fully saturated rings. The van der Waals surface area contributed by atoms with Gasteiger partial charge in [0.2, 0.25) is 5.16 Å². The Morgan fingerprint density at radius 1 is 1.41 bits per heavy atom. The van der Waals surface area contributed by atoms with Gasteiger partial charge >= 0.3 is 0 Å². The molecule has 0 aliphatic carbocycles. The van der Waals surface area contributed by atoms with Gasteiger partial charge in [0.15, 0.2) is 5.65 Å². The predicted molar refractivity (Wildman–Crippen MR) is 78.4 cm³/mol. The van der Waals surface area contributed by atoms with Gasteiger partial charge in [-0.25, -0.2) is 0 Å². The molecule has 0 aliphatic rings. The number of carboxylic acids is 1. The van der Waals surface area contributed by atoms with E-state index in [-0.39, 0.29) is 5.75 Å². The van der Waals surface area contributed by atoms with E-state index in [0.29, 0.717) is 22.1 Å². The van der Waals surface area contributed by atoms with Crippen LogP contribution in [0.25, 0.3) is 27.8 Å². The minimum atomic E-state index is -1.17. The maximum absolute atomic E-state index is 10.6. The fraction of sp³-hybridized carbons (Fsp3) is 0.154. The number of aromatic nitrogens is 6. The second-order valence-electron chi connectivity index (χ2n) is 4.84. The molecule has 4 aromatic rings. The Labute approximate surface area is 127 Å². The van der Waals surface area contributed by atoms with Crippen molar-refractivity contribution in [1.29, 1.82) is 0 Å². The maximum atomic E-state index is 10.6. The smallest absolute Gasteiger partial charge is 0.274 e. The lowest BCUT2D eigenvalue weighted by molar-refractivity contribution is -0.301. The fourth-order valence-corrected chi connectivity index (χ4v) is 2.88. The van der Waals surface area contributed by atoms with Crippen molar-refractivity contribution >= 4 is 45.6 Å². The Hall–Kier alpha value is -2.68. The van der Waals surface area contributed by atoms with Gasteiger partial charge in [-0.05, 0) is 19.1 Å². The molecule has 9 heteroatoms. The second kappa shape index (κ2) is 4.67. The number of rotatable bonds is 3. The Kier molecular flexibility index (Phi) is 2.76. The Morgan fingerprint density at radius 3 is 3.09 bits per heavy atom. The number of hydrogen-bond acceptors (Lipinski definition) is 7. The zero-order valence-electron chi connectivity index (χ0n) is 11.4. The molecule has 0 amide bonds. The zero-order chi connectivity index (χ0) is 15.3. The zero-order valence-corrected chi connectivity index (χ0v) is 12.2. The van der Waals surface area contributed by atoms with Crippen LogP contribution >= 0.6 is 11.8 Å². The summed E-state index contributed by atoms with van der Waals surface area (Å²) in [6.07, 6.45) is 0. The van der Waals surface area contributed by atoms with Crippen molar-refractivity contribution < 1.29 is 9.90 Å². The molecular weight excluding hydrogens is 304 g/mol. The fourth-order valence-electron chi connectivity index (χ4n) is 2.29. The van der Waals surface area contributed by atoms with Gasteiger partial charge in [0, 0.05) is 16.7 Å². The van der Waals surface area contributed by atoms with Crippen molar-refractivity contribution in [3.63, 3.8) is 0 Å². The number of carboxylic acid groups (broad SMARTS) is 1. The number of aryl methyl sites for hydroxylation is 1. The molecule has 3 heterocycles. The molecule has 0 aliphatic heterocycles. The van der Waals surface area contributed by atoms with E-state index in [0.717, 1.165) is 28.2 Å². The first-order valence-electron chi connectivity index (χ1n) is 6.46. The van der Waals surface area contributed by atoms with Gasteiger partial charge in [0.25, 0.3) is 5.78 Å². The van der Waals surface area contributed by atoms with Gasteiger partial charge in [-0.1, -0.05) is 23.4 Å². The first-order chi connectivity index (χ1) is 10.6. The molecule has 0 unspecified atom stereocenters. The summed E-state index contributed by atoms with van der Waals surface area (Å²) in [5.74, 6) is -1.07. The summed E-state index contributed by atoms with van der Waals surface area (Å²) in [4.78, 5) is 18.2. The highest BCUT2D eigenvalue weighted by atomic mass is 32.2. The van der Waals surface area contributed by atoms with Crippen LogP contribution in [-0.4, -0.2) is 41.5 Å². The van der Waals surface area contributed by atoms with E-state index in [1.807, 2.05) is 25.1 Å². The highest BCUT2D eigenvalue weighted by Crippen LogP contribution is 2.24. The number of nitrogens with zero attached hydrogens (tertiary/aromatic N) is 5. The number of fused-ring (bicyclic) bond motifs is 4. The van der Waals surface area contributed by atoms with Crippen LogP contribution in [0.4, 0.5) is 0 Å². The van der Waals surface area contributed by atoms with Crippen LogP contribution in [0.2, 0.25) is 0 Å². The summed E-state index contributed by atoms with van der Waals surface area (Å²) in [5.41, 5.74) is 3.37. The van der Waals surface area contributed by atoms with Gasteiger partial charge < -0.3 is 14.9 Å². The van der Waals surface area contributed by atoms with Crippen LogP contribution in [0.15, 0.2) is 23.4 Å². The number of aliphatic carboxylic acids is 1. The third-order valence-electron chi connectivity index (χ3n) is 3.23. The van der Waals surface area contributed by atoms with Crippen molar-refractivity contribution in [2.24, 2.45) is 0 Å². The number of thioether (sulfide) groups is 1. The predicted octanol–water partition coefficient (Wildman–Crippen LogP) is 0.304. The lowest BCUT2D eigenvalue weighted by atomic mass is 10.2. The van der Waals surface area contributed by atoms with Crippen LogP contribution in [-0.2, 0) is 4.79 Å². The number of H-pyrrole nitrogens is 1. The first kappa shape index (κ1) is 13.0. The highest BCUT2D eigenvalue weighted by Gasteiger charge is 2.13. The second-order valence-corrected chi connectivity index (χ2v) is 5.78. The minimum Gasteiger partial charge on any atom is -0.549 e. The molecule has 0 radical (unpaired) electrons. The summed E-state index contributed by atoms with van der Waals surface area (Å²) in [6.45, 7) is 2.00. The van der Waals surface area contributed by atoms with Crippen molar-refractivity contribution in [3.05, 3.63) is 23.8 Å². The van der Waals surface area contributed by atoms with E-state index in [1.165, 1.54) is 4.52 Å². The van der Waals surface area contributed by atoms with Gasteiger partial charge in [-0.3, -0.25) is 0 Å². The number of hydrogen-bond donors (Lipinski definition) is 1. The molecule has 0 spiro atoms. The number of carbonyl (C=O) groups excluding carboxylic acids is 1. The molecule has 1 N–H and O–H groups in total. The maximum Gasteiger partial charge on any atom is 0.274 e. The van der Waals surface area contributed by atoms with Crippen LogP contribution in [0.3, 0.4) is 0 Å². The van der Waals surface area contributed by atoms with Gasteiger partial charge in [-0.15, -0.1) is 10.2 Å². The topological polar surface area (TPSA) is 112 Å². The average molecular weight is 313 g/mol. The standard InChI is InChI=1S/C13H10N6O2S/c1-6-2-3-8-7(4-6)10-11(14-8)15-12-16-17-13(19(12)18-10)22-5-9(20)21/h2-4H,5H2,1H3,(H,20,21)(H,14,15,16)/p-1. The quantitative estimate of drug-likeness (QED) is 0.541. The van der Waals surface area contributed by atoms with E-state index in [4.69, 9.17) is 0 Å². The van der Waals surface area contributed by atoms with Crippen molar-refractivity contribution in [3.8, 4) is 0 Å². The van der Waals surface area contributed by atoms with Crippen LogP contribution in [0.5, 0.6) is 0 Å². The monoisotopic (exact) mass is 313 g/mol. The average Bonchev–Trinajstić information content (AvgIpc) is 3.03. The normalized spacial score (nSPS) is 11.7. The summed E-state index contributed by atoms with van der Waals surface area (Å²) in [5, 5.41) is 24.2. The van der Waals surface area contributed by atoms with E-state index in [2.05, 4.69) is 25.3 Å².